The summed E-state index contributed by atoms with van der Waals surface area (Å²) in [5.41, 5.74) is 1.60. The van der Waals surface area contributed by atoms with Crippen molar-refractivity contribution >= 4 is 34.0 Å². The first-order valence-corrected chi connectivity index (χ1v) is 8.73. The Bertz CT molecular complexity index is 1080. The number of aromatic nitrogens is 4. The molecule has 5 rings (SSSR count). The third kappa shape index (κ3) is 2.62. The molecule has 0 radical (unpaired) electrons. The maximum Gasteiger partial charge on any atom is 0.178 e. The van der Waals surface area contributed by atoms with E-state index in [9.17, 15) is 0 Å². The topological polar surface area (TPSA) is 68.2 Å². The van der Waals surface area contributed by atoms with Crippen LogP contribution in [0.15, 0.2) is 40.8 Å². The highest BCUT2D eigenvalue weighted by molar-refractivity contribution is 6.31. The van der Waals surface area contributed by atoms with E-state index in [4.69, 9.17) is 16.0 Å². The average molecular weight is 354 g/mol. The predicted molar refractivity (Wildman–Crippen MR) is 96.0 cm³/mol. The summed E-state index contributed by atoms with van der Waals surface area (Å²) in [5, 5.41) is 18.2. The number of hydrogen-bond donors (Lipinski definition) is 1. The van der Waals surface area contributed by atoms with E-state index in [-0.39, 0.29) is 6.04 Å². The van der Waals surface area contributed by atoms with Gasteiger partial charge in [-0.25, -0.2) is 0 Å². The molecule has 1 N–H and O–H groups in total. The van der Waals surface area contributed by atoms with E-state index in [2.05, 4.69) is 20.6 Å². The molecule has 0 amide bonds. The van der Waals surface area contributed by atoms with Gasteiger partial charge >= 0.3 is 0 Å². The van der Waals surface area contributed by atoms with Crippen molar-refractivity contribution in [2.24, 2.45) is 0 Å². The average Bonchev–Trinajstić information content (AvgIpc) is 3.21. The molecule has 3 heterocycles. The maximum atomic E-state index is 6.05. The number of furan rings is 1. The van der Waals surface area contributed by atoms with Crippen LogP contribution in [0.1, 0.15) is 43.3 Å². The summed E-state index contributed by atoms with van der Waals surface area (Å²) >= 11 is 6.05. The third-order valence-corrected chi connectivity index (χ3v) is 4.75. The minimum absolute atomic E-state index is 0.0306. The number of fused-ring (bicyclic) bond motifs is 2. The van der Waals surface area contributed by atoms with Crippen LogP contribution in [0.5, 0.6) is 0 Å². The maximum absolute atomic E-state index is 6.05. The highest BCUT2D eigenvalue weighted by Crippen LogP contribution is 2.38. The van der Waals surface area contributed by atoms with Gasteiger partial charge in [-0.2, -0.15) is 4.52 Å². The highest BCUT2D eigenvalue weighted by atomic mass is 35.5. The zero-order chi connectivity index (χ0) is 17.0. The quantitative estimate of drug-likeness (QED) is 0.581. The number of hydrogen-bond acceptors (Lipinski definition) is 5. The molecule has 0 bridgehead atoms. The first-order valence-electron chi connectivity index (χ1n) is 8.35. The number of nitrogens with zero attached hydrogens (tertiary/aromatic N) is 4. The minimum atomic E-state index is -0.0306. The second-order valence-electron chi connectivity index (χ2n) is 6.52. The van der Waals surface area contributed by atoms with E-state index in [1.165, 1.54) is 0 Å². The summed E-state index contributed by atoms with van der Waals surface area (Å²) in [5.74, 6) is 3.05. The van der Waals surface area contributed by atoms with Crippen LogP contribution in [0.3, 0.4) is 0 Å². The summed E-state index contributed by atoms with van der Waals surface area (Å²) in [4.78, 5) is 0. The highest BCUT2D eigenvalue weighted by Gasteiger charge is 2.29. The fraction of sp³-hybridized carbons (Fsp3) is 0.278. The number of nitrogens with one attached hydrogen (secondary N) is 1. The summed E-state index contributed by atoms with van der Waals surface area (Å²) in [6.07, 6.45) is 2.33. The number of benzene rings is 1. The normalized spacial score (nSPS) is 15.8. The summed E-state index contributed by atoms with van der Waals surface area (Å²) in [6, 6.07) is 11.4. The monoisotopic (exact) mass is 353 g/mol. The van der Waals surface area contributed by atoms with Crippen molar-refractivity contribution in [1.82, 2.24) is 19.8 Å². The summed E-state index contributed by atoms with van der Waals surface area (Å²) < 4.78 is 7.76. The van der Waals surface area contributed by atoms with Crippen molar-refractivity contribution in [2.75, 3.05) is 5.32 Å². The Morgan fingerprint density at radius 3 is 2.92 bits per heavy atom. The smallest absolute Gasteiger partial charge is 0.178 e. The fourth-order valence-electron chi connectivity index (χ4n) is 3.02. The molecular formula is C18H16ClN5O. The second kappa shape index (κ2) is 5.46. The van der Waals surface area contributed by atoms with Crippen LogP contribution in [-0.2, 0) is 0 Å². The van der Waals surface area contributed by atoms with Gasteiger partial charge in [0.2, 0.25) is 0 Å². The lowest BCUT2D eigenvalue weighted by Gasteiger charge is -2.12. The third-order valence-electron chi connectivity index (χ3n) is 4.52. The lowest BCUT2D eigenvalue weighted by molar-refractivity contribution is 0.525. The second-order valence-corrected chi connectivity index (χ2v) is 6.95. The van der Waals surface area contributed by atoms with Crippen LogP contribution >= 0.6 is 11.6 Å². The number of halogens is 1. The summed E-state index contributed by atoms with van der Waals surface area (Å²) in [7, 11) is 0. The Morgan fingerprint density at radius 1 is 1.20 bits per heavy atom. The van der Waals surface area contributed by atoms with Gasteiger partial charge in [-0.05, 0) is 56.2 Å². The van der Waals surface area contributed by atoms with Crippen LogP contribution in [0.4, 0.5) is 5.82 Å². The van der Waals surface area contributed by atoms with Crippen molar-refractivity contribution in [3.8, 4) is 0 Å². The van der Waals surface area contributed by atoms with Crippen LogP contribution in [-0.4, -0.2) is 19.8 Å². The molecule has 0 aliphatic heterocycles. The lowest BCUT2D eigenvalue weighted by atomic mass is 10.2. The van der Waals surface area contributed by atoms with Crippen molar-refractivity contribution in [3.63, 3.8) is 0 Å². The molecule has 1 saturated carbocycles. The minimum Gasteiger partial charge on any atom is -0.459 e. The van der Waals surface area contributed by atoms with Gasteiger partial charge in [-0.3, -0.25) is 0 Å². The van der Waals surface area contributed by atoms with Gasteiger partial charge < -0.3 is 9.73 Å². The van der Waals surface area contributed by atoms with E-state index in [0.29, 0.717) is 10.9 Å². The number of rotatable bonds is 4. The molecule has 1 aliphatic rings. The van der Waals surface area contributed by atoms with E-state index >= 15 is 0 Å². The molecular weight excluding hydrogens is 338 g/mol. The van der Waals surface area contributed by atoms with Crippen LogP contribution < -0.4 is 5.32 Å². The zero-order valence-corrected chi connectivity index (χ0v) is 14.4. The van der Waals surface area contributed by atoms with E-state index < -0.39 is 0 Å². The molecule has 6 nitrogen and oxygen atoms in total. The van der Waals surface area contributed by atoms with Crippen molar-refractivity contribution in [3.05, 3.63) is 53.0 Å². The van der Waals surface area contributed by atoms with Gasteiger partial charge in [0.1, 0.15) is 17.2 Å². The van der Waals surface area contributed by atoms with Gasteiger partial charge in [0.05, 0.1) is 6.04 Å². The Balaban J connectivity index is 1.45. The molecule has 25 heavy (non-hydrogen) atoms. The molecule has 1 atom stereocenters. The van der Waals surface area contributed by atoms with Gasteiger partial charge in [0, 0.05) is 16.3 Å². The summed E-state index contributed by atoms with van der Waals surface area (Å²) in [6.45, 7) is 2.04. The zero-order valence-electron chi connectivity index (χ0n) is 13.6. The van der Waals surface area contributed by atoms with Gasteiger partial charge in [0.15, 0.2) is 11.5 Å². The molecule has 0 spiro atoms. The van der Waals surface area contributed by atoms with Gasteiger partial charge in [-0.15, -0.1) is 15.3 Å². The van der Waals surface area contributed by atoms with E-state index in [0.717, 1.165) is 46.9 Å². The Morgan fingerprint density at radius 2 is 2.08 bits per heavy atom. The molecule has 1 aliphatic carbocycles. The van der Waals surface area contributed by atoms with Crippen LogP contribution in [0.2, 0.25) is 5.02 Å². The van der Waals surface area contributed by atoms with Crippen molar-refractivity contribution in [1.29, 1.82) is 0 Å². The molecule has 4 aromatic rings. The Labute approximate surface area is 148 Å². The Hall–Kier alpha value is -2.60. The van der Waals surface area contributed by atoms with Crippen molar-refractivity contribution < 1.29 is 4.42 Å². The molecule has 1 aromatic carbocycles. The van der Waals surface area contributed by atoms with E-state index in [1.54, 1.807) is 0 Å². The van der Waals surface area contributed by atoms with Gasteiger partial charge in [0.25, 0.3) is 0 Å². The molecule has 3 aromatic heterocycles. The first-order chi connectivity index (χ1) is 12.2. The van der Waals surface area contributed by atoms with Crippen LogP contribution in [0, 0.1) is 0 Å². The largest absolute Gasteiger partial charge is 0.459 e. The van der Waals surface area contributed by atoms with Crippen LogP contribution in [0.25, 0.3) is 16.6 Å². The molecule has 1 fully saturated rings. The SMILES string of the molecule is CC(Nc1ccc2nnc(C3CC3)n2n1)c1cc2cc(Cl)ccc2o1. The Kier molecular flexibility index (Phi) is 3.21. The number of anilines is 1. The molecule has 1 unspecified atom stereocenters. The lowest BCUT2D eigenvalue weighted by Crippen LogP contribution is -2.09. The van der Waals surface area contributed by atoms with Crippen molar-refractivity contribution in [2.45, 2.75) is 31.7 Å². The fourth-order valence-corrected chi connectivity index (χ4v) is 3.20. The standard InChI is InChI=1S/C18H16ClN5O/c1-10(15-9-12-8-13(19)4-5-14(12)25-15)20-16-6-7-17-21-22-18(11-2-3-11)24(17)23-16/h4-11H,2-3H2,1H3,(H,20,23). The molecule has 126 valence electrons. The van der Waals surface area contributed by atoms with E-state index in [1.807, 2.05) is 47.8 Å². The molecule has 0 saturated heterocycles. The molecule has 7 heteroatoms. The van der Waals surface area contributed by atoms with Gasteiger partial charge in [-0.1, -0.05) is 11.6 Å². The predicted octanol–water partition coefficient (Wildman–Crippen LogP) is 4.57. The first kappa shape index (κ1) is 14.7.